The number of methoxy groups -OCH3 is 1. The molecule has 0 bridgehead atoms. The fourth-order valence-corrected chi connectivity index (χ4v) is 5.03. The molecule has 0 unspecified atom stereocenters. The zero-order chi connectivity index (χ0) is 25.9. The molecule has 0 spiro atoms. The molecule has 1 saturated heterocycles. The van der Waals surface area contributed by atoms with Crippen LogP contribution in [0.1, 0.15) is 17.5 Å². The van der Waals surface area contributed by atoms with Crippen LogP contribution in [0.3, 0.4) is 0 Å². The van der Waals surface area contributed by atoms with Crippen molar-refractivity contribution in [2.45, 2.75) is 36.7 Å². The van der Waals surface area contributed by atoms with Crippen LogP contribution in [0.15, 0.2) is 59.6 Å². The van der Waals surface area contributed by atoms with Crippen molar-refractivity contribution in [3.63, 3.8) is 0 Å². The highest BCUT2D eigenvalue weighted by Crippen LogP contribution is 2.38. The first-order valence-electron chi connectivity index (χ1n) is 11.2. The van der Waals surface area contributed by atoms with Crippen molar-refractivity contribution >= 4 is 21.7 Å². The van der Waals surface area contributed by atoms with Gasteiger partial charge in [-0.2, -0.15) is 21.6 Å². The van der Waals surface area contributed by atoms with Gasteiger partial charge in [0.2, 0.25) is 0 Å². The number of nitrogens with one attached hydrogen (secondary N) is 3. The average molecular weight is 522 g/mol. The van der Waals surface area contributed by atoms with Crippen molar-refractivity contribution in [2.24, 2.45) is 0 Å². The molecule has 8 nitrogen and oxygen atoms in total. The van der Waals surface area contributed by atoms with E-state index in [1.54, 1.807) is 38.3 Å². The summed E-state index contributed by atoms with van der Waals surface area (Å²) in [5.74, 6) is 0.0898. The standard InChI is InChI=1S/C24H26F3N5O3S/c1-15-6-3-4-7-16(15)23-17(24(25,26)27)10-11-21(31-23)32-36(33,34)22-9-5-8-20(30-22)29-18-12-13-28-14-19(18)35-2/h3-11,18-19,28H,12-14H2,1-2H3,(H,29,30)(H,31,32)/t18-,19-/m1/s1. The van der Waals surface area contributed by atoms with Crippen molar-refractivity contribution in [3.8, 4) is 11.3 Å². The van der Waals surface area contributed by atoms with Gasteiger partial charge in [0.05, 0.1) is 23.4 Å². The molecule has 1 aliphatic heterocycles. The van der Waals surface area contributed by atoms with Gasteiger partial charge in [-0.1, -0.05) is 30.3 Å². The Morgan fingerprint density at radius 3 is 2.53 bits per heavy atom. The van der Waals surface area contributed by atoms with E-state index < -0.39 is 21.8 Å². The number of anilines is 2. The summed E-state index contributed by atoms with van der Waals surface area (Å²) >= 11 is 0. The van der Waals surface area contributed by atoms with Crippen molar-refractivity contribution in [2.75, 3.05) is 30.2 Å². The summed E-state index contributed by atoms with van der Waals surface area (Å²) in [6.45, 7) is 3.09. The average Bonchev–Trinajstić information content (AvgIpc) is 2.84. The van der Waals surface area contributed by atoms with Crippen molar-refractivity contribution in [3.05, 3.63) is 65.7 Å². The second-order valence-corrected chi connectivity index (χ2v) is 10.0. The van der Waals surface area contributed by atoms with Gasteiger partial charge < -0.3 is 15.4 Å². The normalized spacial score (nSPS) is 18.6. The number of hydrogen-bond donors (Lipinski definition) is 3. The summed E-state index contributed by atoms with van der Waals surface area (Å²) in [5.41, 5.74) is -0.493. The molecular formula is C24H26F3N5O3S. The number of alkyl halides is 3. The predicted octanol–water partition coefficient (Wildman–Crippen LogP) is 4.06. The molecule has 0 saturated carbocycles. The lowest BCUT2D eigenvalue weighted by Crippen LogP contribution is -2.48. The van der Waals surface area contributed by atoms with Gasteiger partial charge >= 0.3 is 6.18 Å². The Balaban J connectivity index is 1.63. The van der Waals surface area contributed by atoms with Crippen LogP contribution >= 0.6 is 0 Å². The quantitative estimate of drug-likeness (QED) is 0.431. The van der Waals surface area contributed by atoms with Crippen LogP contribution in [0.2, 0.25) is 0 Å². The molecule has 12 heteroatoms. The molecule has 1 aromatic carbocycles. The van der Waals surface area contributed by atoms with E-state index in [-0.39, 0.29) is 34.2 Å². The Morgan fingerprint density at radius 1 is 1.03 bits per heavy atom. The molecule has 3 N–H and O–H groups in total. The molecule has 4 rings (SSSR count). The zero-order valence-electron chi connectivity index (χ0n) is 19.6. The van der Waals surface area contributed by atoms with E-state index in [0.29, 0.717) is 17.9 Å². The third kappa shape index (κ3) is 5.77. The van der Waals surface area contributed by atoms with Crippen LogP contribution in [0.5, 0.6) is 0 Å². The Bertz CT molecular complexity index is 1330. The lowest BCUT2D eigenvalue weighted by Gasteiger charge is -2.32. The summed E-state index contributed by atoms with van der Waals surface area (Å²) in [4.78, 5) is 8.25. The van der Waals surface area contributed by atoms with E-state index in [9.17, 15) is 21.6 Å². The van der Waals surface area contributed by atoms with E-state index in [2.05, 4.69) is 25.3 Å². The van der Waals surface area contributed by atoms with Gasteiger partial charge in [-0.05, 0) is 49.7 Å². The van der Waals surface area contributed by atoms with Gasteiger partial charge in [-0.3, -0.25) is 4.72 Å². The number of halogens is 3. The van der Waals surface area contributed by atoms with Gasteiger partial charge in [-0.15, -0.1) is 0 Å². The third-order valence-electron chi connectivity index (χ3n) is 5.90. The highest BCUT2D eigenvalue weighted by Gasteiger charge is 2.35. The summed E-state index contributed by atoms with van der Waals surface area (Å²) < 4.78 is 74.9. The molecule has 0 aliphatic carbocycles. The number of aryl methyl sites for hydroxylation is 1. The fourth-order valence-electron chi connectivity index (χ4n) is 4.06. The second-order valence-electron chi connectivity index (χ2n) is 8.39. The number of ether oxygens (including phenoxy) is 1. The molecule has 36 heavy (non-hydrogen) atoms. The minimum Gasteiger partial charge on any atom is -0.378 e. The SMILES string of the molecule is CO[C@@H]1CNCC[C@H]1Nc1cccc(S(=O)(=O)Nc2ccc(C(F)(F)F)c(-c3ccccc3C)n2)n1. The summed E-state index contributed by atoms with van der Waals surface area (Å²) in [5, 5.41) is 6.14. The van der Waals surface area contributed by atoms with Gasteiger partial charge in [0.15, 0.2) is 5.03 Å². The van der Waals surface area contributed by atoms with E-state index in [1.165, 1.54) is 18.2 Å². The highest BCUT2D eigenvalue weighted by atomic mass is 32.2. The Morgan fingerprint density at radius 2 is 1.81 bits per heavy atom. The molecule has 1 aliphatic rings. The van der Waals surface area contributed by atoms with Crippen molar-refractivity contribution < 1.29 is 26.3 Å². The molecule has 2 atom stereocenters. The topological polar surface area (TPSA) is 105 Å². The third-order valence-corrected chi connectivity index (χ3v) is 7.16. The summed E-state index contributed by atoms with van der Waals surface area (Å²) in [6.07, 6.45) is -4.03. The van der Waals surface area contributed by atoms with E-state index in [4.69, 9.17) is 4.74 Å². The highest BCUT2D eigenvalue weighted by molar-refractivity contribution is 7.92. The van der Waals surface area contributed by atoms with E-state index in [0.717, 1.165) is 25.1 Å². The van der Waals surface area contributed by atoms with Gasteiger partial charge in [-0.25, -0.2) is 9.97 Å². The van der Waals surface area contributed by atoms with Gasteiger partial charge in [0, 0.05) is 19.2 Å². The first-order chi connectivity index (χ1) is 17.1. The maximum Gasteiger partial charge on any atom is 0.418 e. The molecule has 1 fully saturated rings. The Hall–Kier alpha value is -3.22. The van der Waals surface area contributed by atoms with Crippen molar-refractivity contribution in [1.82, 2.24) is 15.3 Å². The number of nitrogens with zero attached hydrogens (tertiary/aromatic N) is 2. The molecule has 0 amide bonds. The van der Waals surface area contributed by atoms with Crippen molar-refractivity contribution in [1.29, 1.82) is 0 Å². The minimum absolute atomic E-state index is 0.0667. The number of sulfonamides is 1. The lowest BCUT2D eigenvalue weighted by atomic mass is 10.0. The van der Waals surface area contributed by atoms with Crippen LogP contribution in [0.25, 0.3) is 11.3 Å². The number of benzene rings is 1. The molecule has 0 radical (unpaired) electrons. The number of aromatic nitrogens is 2. The van der Waals surface area contributed by atoms with Crippen LogP contribution in [-0.4, -0.2) is 50.7 Å². The van der Waals surface area contributed by atoms with Gasteiger partial charge in [0.25, 0.3) is 10.0 Å². The van der Waals surface area contributed by atoms with Crippen LogP contribution in [0, 0.1) is 6.92 Å². The first kappa shape index (κ1) is 25.9. The number of hydrogen-bond acceptors (Lipinski definition) is 7. The number of rotatable bonds is 7. The largest absolute Gasteiger partial charge is 0.418 e. The summed E-state index contributed by atoms with van der Waals surface area (Å²) in [7, 11) is -2.64. The van der Waals surface area contributed by atoms with Crippen LogP contribution in [-0.2, 0) is 20.9 Å². The molecule has 192 valence electrons. The molecular weight excluding hydrogens is 495 g/mol. The van der Waals surface area contributed by atoms with E-state index >= 15 is 0 Å². The predicted molar refractivity (Wildman–Crippen MR) is 130 cm³/mol. The molecule has 2 aromatic heterocycles. The minimum atomic E-state index is -4.67. The first-order valence-corrected chi connectivity index (χ1v) is 12.7. The van der Waals surface area contributed by atoms with Crippen LogP contribution < -0.4 is 15.4 Å². The Labute approximate surface area is 207 Å². The Kier molecular flexibility index (Phi) is 7.48. The molecule has 3 heterocycles. The monoisotopic (exact) mass is 521 g/mol. The second kappa shape index (κ2) is 10.4. The van der Waals surface area contributed by atoms with Gasteiger partial charge in [0.1, 0.15) is 11.6 Å². The fraction of sp³-hybridized carbons (Fsp3) is 0.333. The maximum absolute atomic E-state index is 13.7. The van der Waals surface area contributed by atoms with Crippen LogP contribution in [0.4, 0.5) is 24.8 Å². The summed E-state index contributed by atoms with van der Waals surface area (Å²) in [6, 6.07) is 12.7. The number of piperidine rings is 1. The molecule has 3 aromatic rings. The number of pyridine rings is 2. The maximum atomic E-state index is 13.7. The van der Waals surface area contributed by atoms with E-state index in [1.807, 2.05) is 0 Å². The smallest absolute Gasteiger partial charge is 0.378 e. The zero-order valence-corrected chi connectivity index (χ0v) is 20.4. The lowest BCUT2D eigenvalue weighted by molar-refractivity contribution is -0.137.